The summed E-state index contributed by atoms with van der Waals surface area (Å²) in [6.07, 6.45) is 0.901. The van der Waals surface area contributed by atoms with Gasteiger partial charge in [-0.05, 0) is 43.2 Å². The molecule has 0 saturated carbocycles. The molecule has 0 saturated heterocycles. The van der Waals surface area contributed by atoms with Crippen LogP contribution < -0.4 is 9.47 Å². The summed E-state index contributed by atoms with van der Waals surface area (Å²) in [5.41, 5.74) is 2.54. The van der Waals surface area contributed by atoms with Crippen LogP contribution in [0, 0.1) is 6.92 Å². The lowest BCUT2D eigenvalue weighted by Gasteiger charge is -2.15. The van der Waals surface area contributed by atoms with Crippen molar-refractivity contribution < 1.29 is 9.47 Å². The topological polar surface area (TPSA) is 18.5 Å². The predicted octanol–water partition coefficient (Wildman–Crippen LogP) is 4.80. The molecule has 21 heavy (non-hydrogen) atoms. The molecule has 0 aliphatic heterocycles. The molecule has 0 amide bonds. The molecule has 0 aromatic heterocycles. The van der Waals surface area contributed by atoms with Gasteiger partial charge in [-0.25, -0.2) is 0 Å². The van der Waals surface area contributed by atoms with Gasteiger partial charge in [0.25, 0.3) is 0 Å². The summed E-state index contributed by atoms with van der Waals surface area (Å²) >= 11 is 6.09. The lowest BCUT2D eigenvalue weighted by Crippen LogP contribution is -2.07. The molecular weight excluding hydrogens is 284 g/mol. The standard InChI is InChI=1S/C18H21ClO2/c1-14-3-5-15(6-4-14)16(13-19)11-12-21-18-9-7-17(20-2)8-10-18/h3-10,16H,11-13H2,1-2H3. The van der Waals surface area contributed by atoms with Crippen LogP contribution in [0.2, 0.25) is 0 Å². The summed E-state index contributed by atoms with van der Waals surface area (Å²) < 4.78 is 10.9. The molecule has 3 heteroatoms. The van der Waals surface area contributed by atoms with Gasteiger partial charge in [-0.3, -0.25) is 0 Å². The van der Waals surface area contributed by atoms with Crippen molar-refractivity contribution in [1.29, 1.82) is 0 Å². The van der Waals surface area contributed by atoms with E-state index in [1.807, 2.05) is 24.3 Å². The molecule has 0 N–H and O–H groups in total. The zero-order valence-corrected chi connectivity index (χ0v) is 13.3. The van der Waals surface area contributed by atoms with Gasteiger partial charge in [0.05, 0.1) is 13.7 Å². The SMILES string of the molecule is COc1ccc(OCCC(CCl)c2ccc(C)cc2)cc1. The van der Waals surface area contributed by atoms with Gasteiger partial charge in [0.2, 0.25) is 0 Å². The highest BCUT2D eigenvalue weighted by Gasteiger charge is 2.10. The maximum Gasteiger partial charge on any atom is 0.119 e. The number of ether oxygens (including phenoxy) is 2. The summed E-state index contributed by atoms with van der Waals surface area (Å²) in [7, 11) is 1.66. The van der Waals surface area contributed by atoms with E-state index < -0.39 is 0 Å². The van der Waals surface area contributed by atoms with Crippen molar-refractivity contribution in [3.63, 3.8) is 0 Å². The number of rotatable bonds is 7. The van der Waals surface area contributed by atoms with Crippen LogP contribution in [0.1, 0.15) is 23.5 Å². The van der Waals surface area contributed by atoms with Crippen LogP contribution in [-0.4, -0.2) is 19.6 Å². The van der Waals surface area contributed by atoms with E-state index in [-0.39, 0.29) is 0 Å². The zero-order valence-electron chi connectivity index (χ0n) is 12.5. The minimum Gasteiger partial charge on any atom is -0.497 e. The fraction of sp³-hybridized carbons (Fsp3) is 0.333. The lowest BCUT2D eigenvalue weighted by molar-refractivity contribution is 0.300. The van der Waals surface area contributed by atoms with E-state index in [1.54, 1.807) is 7.11 Å². The molecule has 2 aromatic rings. The first-order valence-corrected chi connectivity index (χ1v) is 7.65. The van der Waals surface area contributed by atoms with E-state index in [9.17, 15) is 0 Å². The molecule has 1 unspecified atom stereocenters. The third-order valence-electron chi connectivity index (χ3n) is 3.53. The molecule has 0 bridgehead atoms. The first-order valence-electron chi connectivity index (χ1n) is 7.12. The molecule has 1 atom stereocenters. The Balaban J connectivity index is 1.86. The van der Waals surface area contributed by atoms with Crippen LogP contribution in [0.5, 0.6) is 11.5 Å². The van der Waals surface area contributed by atoms with E-state index in [1.165, 1.54) is 11.1 Å². The highest BCUT2D eigenvalue weighted by atomic mass is 35.5. The minimum absolute atomic E-state index is 0.325. The fourth-order valence-corrected chi connectivity index (χ4v) is 2.49. The molecule has 0 aliphatic rings. The summed E-state index contributed by atoms with van der Waals surface area (Å²) in [6, 6.07) is 16.2. The monoisotopic (exact) mass is 304 g/mol. The van der Waals surface area contributed by atoms with E-state index in [4.69, 9.17) is 21.1 Å². The van der Waals surface area contributed by atoms with Crippen molar-refractivity contribution in [3.8, 4) is 11.5 Å². The largest absolute Gasteiger partial charge is 0.497 e. The fourth-order valence-electron chi connectivity index (χ4n) is 2.16. The quantitative estimate of drug-likeness (QED) is 0.684. The van der Waals surface area contributed by atoms with Crippen molar-refractivity contribution in [2.24, 2.45) is 0 Å². The Labute approximate surface area is 131 Å². The summed E-state index contributed by atoms with van der Waals surface area (Å²) in [5, 5.41) is 0. The van der Waals surface area contributed by atoms with E-state index >= 15 is 0 Å². The molecule has 0 fully saturated rings. The van der Waals surface area contributed by atoms with Crippen molar-refractivity contribution >= 4 is 11.6 Å². The third kappa shape index (κ3) is 4.68. The number of halogens is 1. The van der Waals surface area contributed by atoms with Gasteiger partial charge < -0.3 is 9.47 Å². The highest BCUT2D eigenvalue weighted by molar-refractivity contribution is 6.18. The van der Waals surface area contributed by atoms with Gasteiger partial charge in [0, 0.05) is 11.8 Å². The van der Waals surface area contributed by atoms with Crippen LogP contribution in [0.15, 0.2) is 48.5 Å². The Morgan fingerprint density at radius 2 is 1.57 bits per heavy atom. The van der Waals surface area contributed by atoms with E-state index in [0.29, 0.717) is 18.4 Å². The van der Waals surface area contributed by atoms with Gasteiger partial charge in [-0.2, -0.15) is 0 Å². The van der Waals surface area contributed by atoms with Crippen molar-refractivity contribution in [3.05, 3.63) is 59.7 Å². The molecule has 2 rings (SSSR count). The molecule has 0 radical (unpaired) electrons. The normalized spacial score (nSPS) is 12.0. The van der Waals surface area contributed by atoms with Crippen LogP contribution in [0.3, 0.4) is 0 Å². The molecule has 0 heterocycles. The van der Waals surface area contributed by atoms with Gasteiger partial charge >= 0.3 is 0 Å². The Kier molecular flexibility index (Phi) is 5.94. The average Bonchev–Trinajstić information content (AvgIpc) is 2.53. The molecule has 112 valence electrons. The molecule has 2 aromatic carbocycles. The maximum atomic E-state index is 6.09. The van der Waals surface area contributed by atoms with E-state index in [0.717, 1.165) is 17.9 Å². The second-order valence-electron chi connectivity index (χ2n) is 5.07. The van der Waals surface area contributed by atoms with E-state index in [2.05, 4.69) is 31.2 Å². The smallest absolute Gasteiger partial charge is 0.119 e. The second-order valence-corrected chi connectivity index (χ2v) is 5.38. The van der Waals surface area contributed by atoms with Gasteiger partial charge in [-0.1, -0.05) is 29.8 Å². The van der Waals surface area contributed by atoms with Crippen molar-refractivity contribution in [2.75, 3.05) is 19.6 Å². The van der Waals surface area contributed by atoms with Crippen LogP contribution in [-0.2, 0) is 0 Å². The van der Waals surface area contributed by atoms with Gasteiger partial charge in [-0.15, -0.1) is 11.6 Å². The second kappa shape index (κ2) is 7.94. The van der Waals surface area contributed by atoms with Gasteiger partial charge in [0.15, 0.2) is 0 Å². The molecule has 0 spiro atoms. The predicted molar refractivity (Wildman–Crippen MR) is 87.7 cm³/mol. The van der Waals surface area contributed by atoms with Crippen molar-refractivity contribution in [2.45, 2.75) is 19.3 Å². The number of methoxy groups -OCH3 is 1. The Morgan fingerprint density at radius 1 is 0.952 bits per heavy atom. The number of hydrogen-bond donors (Lipinski definition) is 0. The third-order valence-corrected chi connectivity index (χ3v) is 3.90. The Hall–Kier alpha value is -1.67. The maximum absolute atomic E-state index is 6.09. The zero-order chi connectivity index (χ0) is 15.1. The first kappa shape index (κ1) is 15.7. The number of aryl methyl sites for hydroxylation is 1. The summed E-state index contributed by atoms with van der Waals surface area (Å²) in [5.74, 6) is 2.62. The molecule has 0 aliphatic carbocycles. The van der Waals surface area contributed by atoms with Crippen LogP contribution in [0.4, 0.5) is 0 Å². The lowest BCUT2D eigenvalue weighted by atomic mass is 9.97. The minimum atomic E-state index is 0.325. The molecule has 2 nitrogen and oxygen atoms in total. The molecular formula is C18H21ClO2. The van der Waals surface area contributed by atoms with Crippen molar-refractivity contribution in [1.82, 2.24) is 0 Å². The van der Waals surface area contributed by atoms with Crippen LogP contribution in [0.25, 0.3) is 0 Å². The number of hydrogen-bond acceptors (Lipinski definition) is 2. The highest BCUT2D eigenvalue weighted by Crippen LogP contribution is 2.23. The summed E-state index contributed by atoms with van der Waals surface area (Å²) in [4.78, 5) is 0. The Morgan fingerprint density at radius 3 is 2.14 bits per heavy atom. The first-order chi connectivity index (χ1) is 10.2. The number of alkyl halides is 1. The average molecular weight is 305 g/mol. The summed E-state index contributed by atoms with van der Waals surface area (Å²) in [6.45, 7) is 2.74. The van der Waals surface area contributed by atoms with Crippen LogP contribution >= 0.6 is 11.6 Å². The number of benzene rings is 2. The van der Waals surface area contributed by atoms with Gasteiger partial charge in [0.1, 0.15) is 11.5 Å². The Bertz CT molecular complexity index is 534.